The van der Waals surface area contributed by atoms with E-state index in [9.17, 15) is 18.0 Å². The SMILES string of the molecule is CC[C@@H](C)NC(=O)NC(=O)CN1CCN(S(=O)(=O)c2cccc(Cl)c2)CC1. The molecule has 0 aromatic heterocycles. The van der Waals surface area contributed by atoms with Crippen LogP contribution in [0.1, 0.15) is 20.3 Å². The van der Waals surface area contributed by atoms with Crippen LogP contribution in [0.4, 0.5) is 4.79 Å². The molecule has 1 aliphatic heterocycles. The topological polar surface area (TPSA) is 98.8 Å². The molecule has 0 unspecified atom stereocenters. The first-order chi connectivity index (χ1) is 12.7. The van der Waals surface area contributed by atoms with Crippen molar-refractivity contribution in [1.82, 2.24) is 19.8 Å². The summed E-state index contributed by atoms with van der Waals surface area (Å²) in [4.78, 5) is 25.6. The fourth-order valence-corrected chi connectivity index (χ4v) is 4.36. The monoisotopic (exact) mass is 416 g/mol. The molecule has 1 saturated heterocycles. The number of carbonyl (C=O) groups excluding carboxylic acids is 2. The van der Waals surface area contributed by atoms with Gasteiger partial charge in [0.2, 0.25) is 15.9 Å². The summed E-state index contributed by atoms with van der Waals surface area (Å²) in [6, 6.07) is 5.62. The minimum Gasteiger partial charge on any atom is -0.335 e. The number of halogens is 1. The first-order valence-electron chi connectivity index (χ1n) is 8.80. The Morgan fingerprint density at radius 2 is 1.89 bits per heavy atom. The third-order valence-corrected chi connectivity index (χ3v) is 6.50. The highest BCUT2D eigenvalue weighted by atomic mass is 35.5. The van der Waals surface area contributed by atoms with Gasteiger partial charge < -0.3 is 5.32 Å². The van der Waals surface area contributed by atoms with Gasteiger partial charge in [0.1, 0.15) is 0 Å². The molecule has 1 aromatic carbocycles. The number of amides is 3. The van der Waals surface area contributed by atoms with E-state index in [0.29, 0.717) is 18.1 Å². The van der Waals surface area contributed by atoms with E-state index in [1.807, 2.05) is 18.7 Å². The Labute approximate surface area is 164 Å². The lowest BCUT2D eigenvalue weighted by Crippen LogP contribution is -2.52. The smallest absolute Gasteiger partial charge is 0.321 e. The second kappa shape index (κ2) is 9.50. The van der Waals surface area contributed by atoms with Crippen LogP contribution in [0.3, 0.4) is 0 Å². The Morgan fingerprint density at radius 1 is 1.22 bits per heavy atom. The minimum atomic E-state index is -3.61. The zero-order valence-corrected chi connectivity index (χ0v) is 17.0. The predicted molar refractivity (Wildman–Crippen MR) is 103 cm³/mol. The van der Waals surface area contributed by atoms with Crippen LogP contribution in [-0.2, 0) is 14.8 Å². The molecule has 0 saturated carbocycles. The number of imide groups is 1. The van der Waals surface area contributed by atoms with Crippen LogP contribution in [0.5, 0.6) is 0 Å². The van der Waals surface area contributed by atoms with E-state index >= 15 is 0 Å². The van der Waals surface area contributed by atoms with Gasteiger partial charge in [-0.2, -0.15) is 4.31 Å². The van der Waals surface area contributed by atoms with Gasteiger partial charge in [-0.3, -0.25) is 15.0 Å². The van der Waals surface area contributed by atoms with E-state index in [0.717, 1.165) is 6.42 Å². The molecule has 1 atom stereocenters. The summed E-state index contributed by atoms with van der Waals surface area (Å²) >= 11 is 5.88. The number of piperazine rings is 1. The second-order valence-electron chi connectivity index (χ2n) is 6.47. The summed E-state index contributed by atoms with van der Waals surface area (Å²) < 4.78 is 26.7. The Balaban J connectivity index is 1.84. The maximum absolute atomic E-state index is 12.7. The third-order valence-electron chi connectivity index (χ3n) is 4.38. The maximum atomic E-state index is 12.7. The van der Waals surface area contributed by atoms with Crippen molar-refractivity contribution < 1.29 is 18.0 Å². The van der Waals surface area contributed by atoms with E-state index in [-0.39, 0.29) is 30.6 Å². The zero-order chi connectivity index (χ0) is 20.0. The molecular weight excluding hydrogens is 392 g/mol. The molecule has 27 heavy (non-hydrogen) atoms. The van der Waals surface area contributed by atoms with Gasteiger partial charge in [0.25, 0.3) is 0 Å². The lowest BCUT2D eigenvalue weighted by Gasteiger charge is -2.33. The predicted octanol–water partition coefficient (Wildman–Crippen LogP) is 1.27. The van der Waals surface area contributed by atoms with Crippen LogP contribution in [0.2, 0.25) is 5.02 Å². The van der Waals surface area contributed by atoms with Crippen molar-refractivity contribution in [1.29, 1.82) is 0 Å². The summed E-state index contributed by atoms with van der Waals surface area (Å²) in [6.07, 6.45) is 0.769. The average molecular weight is 417 g/mol. The first-order valence-corrected chi connectivity index (χ1v) is 10.6. The third kappa shape index (κ3) is 6.17. The molecule has 2 N–H and O–H groups in total. The molecule has 10 heteroatoms. The van der Waals surface area contributed by atoms with Crippen molar-refractivity contribution in [3.8, 4) is 0 Å². The summed E-state index contributed by atoms with van der Waals surface area (Å²) in [7, 11) is -3.61. The van der Waals surface area contributed by atoms with Gasteiger partial charge in [-0.25, -0.2) is 13.2 Å². The first kappa shape index (κ1) is 21.6. The summed E-state index contributed by atoms with van der Waals surface area (Å²) in [5.41, 5.74) is 0. The second-order valence-corrected chi connectivity index (χ2v) is 8.84. The van der Waals surface area contributed by atoms with Gasteiger partial charge in [0.05, 0.1) is 11.4 Å². The fraction of sp³-hybridized carbons (Fsp3) is 0.529. The summed E-state index contributed by atoms with van der Waals surface area (Å²) in [6.45, 7) is 5.16. The Kier molecular flexibility index (Phi) is 7.60. The number of nitrogens with zero attached hydrogens (tertiary/aromatic N) is 2. The molecule has 0 radical (unpaired) electrons. The van der Waals surface area contributed by atoms with Gasteiger partial charge in [-0.15, -0.1) is 0 Å². The molecule has 8 nitrogen and oxygen atoms in total. The molecule has 3 amide bonds. The lowest BCUT2D eigenvalue weighted by molar-refractivity contribution is -0.121. The highest BCUT2D eigenvalue weighted by Crippen LogP contribution is 2.20. The molecule has 0 spiro atoms. The van der Waals surface area contributed by atoms with Crippen molar-refractivity contribution in [2.45, 2.75) is 31.2 Å². The Hall–Kier alpha value is -1.68. The van der Waals surface area contributed by atoms with Crippen LogP contribution in [0.15, 0.2) is 29.2 Å². The Morgan fingerprint density at radius 3 is 2.48 bits per heavy atom. The average Bonchev–Trinajstić information content (AvgIpc) is 2.61. The number of hydrogen-bond donors (Lipinski definition) is 2. The standard InChI is InChI=1S/C17H25ClN4O4S/c1-3-13(2)19-17(24)20-16(23)12-21-7-9-22(10-8-21)27(25,26)15-6-4-5-14(18)11-15/h4-6,11,13H,3,7-10,12H2,1-2H3,(H2,19,20,23,24)/t13-/m1/s1. The van der Waals surface area contributed by atoms with Crippen molar-refractivity contribution >= 4 is 33.6 Å². The molecule has 1 heterocycles. The highest BCUT2D eigenvalue weighted by molar-refractivity contribution is 7.89. The molecule has 1 aliphatic rings. The highest BCUT2D eigenvalue weighted by Gasteiger charge is 2.29. The number of sulfonamides is 1. The van der Waals surface area contributed by atoms with Crippen molar-refractivity contribution in [3.63, 3.8) is 0 Å². The quantitative estimate of drug-likeness (QED) is 0.727. The van der Waals surface area contributed by atoms with Crippen LogP contribution >= 0.6 is 11.6 Å². The summed E-state index contributed by atoms with van der Waals surface area (Å²) in [5.74, 6) is -0.415. The van der Waals surface area contributed by atoms with Crippen LogP contribution in [-0.4, -0.2) is 68.3 Å². The molecule has 0 bridgehead atoms. The number of carbonyl (C=O) groups is 2. The minimum absolute atomic E-state index is 0.0157. The van der Waals surface area contributed by atoms with Gasteiger partial charge in [0, 0.05) is 37.2 Å². The normalized spacial score (nSPS) is 17.3. The van der Waals surface area contributed by atoms with E-state index < -0.39 is 22.0 Å². The molecule has 2 rings (SSSR count). The number of benzene rings is 1. The molecule has 150 valence electrons. The number of rotatable bonds is 6. The number of hydrogen-bond acceptors (Lipinski definition) is 5. The van der Waals surface area contributed by atoms with Crippen molar-refractivity contribution in [2.24, 2.45) is 0 Å². The maximum Gasteiger partial charge on any atom is 0.321 e. The molecular formula is C17H25ClN4O4S. The van der Waals surface area contributed by atoms with Gasteiger partial charge in [0.15, 0.2) is 0 Å². The zero-order valence-electron chi connectivity index (χ0n) is 15.4. The van der Waals surface area contributed by atoms with Gasteiger partial charge >= 0.3 is 6.03 Å². The van der Waals surface area contributed by atoms with Crippen LogP contribution in [0, 0.1) is 0 Å². The van der Waals surface area contributed by atoms with E-state index in [2.05, 4.69) is 10.6 Å². The van der Waals surface area contributed by atoms with Crippen molar-refractivity contribution in [2.75, 3.05) is 32.7 Å². The summed E-state index contributed by atoms with van der Waals surface area (Å²) in [5, 5.41) is 5.31. The van der Waals surface area contributed by atoms with E-state index in [4.69, 9.17) is 11.6 Å². The van der Waals surface area contributed by atoms with Crippen LogP contribution in [0.25, 0.3) is 0 Å². The fourth-order valence-electron chi connectivity index (χ4n) is 2.64. The number of urea groups is 1. The molecule has 1 aromatic rings. The van der Waals surface area contributed by atoms with Gasteiger partial charge in [-0.05, 0) is 31.5 Å². The lowest BCUT2D eigenvalue weighted by atomic mass is 10.3. The van der Waals surface area contributed by atoms with Gasteiger partial charge in [-0.1, -0.05) is 24.6 Å². The Bertz CT molecular complexity index is 779. The molecule has 0 aliphatic carbocycles. The van der Waals surface area contributed by atoms with Crippen LogP contribution < -0.4 is 10.6 Å². The molecule has 1 fully saturated rings. The largest absolute Gasteiger partial charge is 0.335 e. The number of nitrogens with one attached hydrogen (secondary N) is 2. The van der Waals surface area contributed by atoms with Crippen molar-refractivity contribution in [3.05, 3.63) is 29.3 Å². The van der Waals surface area contributed by atoms with E-state index in [1.165, 1.54) is 16.4 Å². The van der Waals surface area contributed by atoms with E-state index in [1.54, 1.807) is 12.1 Å².